The van der Waals surface area contributed by atoms with E-state index in [4.69, 9.17) is 0 Å². The number of benzene rings is 4. The van der Waals surface area contributed by atoms with Gasteiger partial charge in [0.2, 0.25) is 0 Å². The van der Waals surface area contributed by atoms with E-state index < -0.39 is 0 Å². The van der Waals surface area contributed by atoms with E-state index in [9.17, 15) is 0 Å². The van der Waals surface area contributed by atoms with Crippen LogP contribution in [0.3, 0.4) is 0 Å². The lowest BCUT2D eigenvalue weighted by molar-refractivity contribution is 1.45. The number of rotatable bonds is 0. The fourth-order valence-electron chi connectivity index (χ4n) is 3.65. The van der Waals surface area contributed by atoms with Crippen LogP contribution in [0, 0.1) is 0 Å². The molecule has 0 aliphatic heterocycles. The summed E-state index contributed by atoms with van der Waals surface area (Å²) in [5.74, 6) is 0. The average molecular weight is 331 g/mol. The lowest BCUT2D eigenvalue weighted by Gasteiger charge is -2.12. The van der Waals surface area contributed by atoms with Gasteiger partial charge in [0.1, 0.15) is 0 Å². The van der Waals surface area contributed by atoms with Crippen LogP contribution in [0.4, 0.5) is 0 Å². The summed E-state index contributed by atoms with van der Waals surface area (Å²) in [6, 6.07) is 20.0. The minimum atomic E-state index is 1.07. The summed E-state index contributed by atoms with van der Waals surface area (Å²) in [6.07, 6.45) is 3.43. The van der Waals surface area contributed by atoms with Crippen LogP contribution in [0.5, 0.6) is 0 Å². The van der Waals surface area contributed by atoms with Crippen LogP contribution in [0.25, 0.3) is 38.4 Å². The van der Waals surface area contributed by atoms with Gasteiger partial charge in [-0.2, -0.15) is 0 Å². The van der Waals surface area contributed by atoms with Gasteiger partial charge in [0, 0.05) is 0 Å². The molecular formula is C25H30. The van der Waals surface area contributed by atoms with Crippen molar-refractivity contribution in [2.24, 2.45) is 0 Å². The van der Waals surface area contributed by atoms with Gasteiger partial charge in [0.15, 0.2) is 0 Å². The first-order chi connectivity index (χ1) is 12.4. The molecule has 1 aliphatic rings. The van der Waals surface area contributed by atoms with Crippen molar-refractivity contribution in [1.29, 1.82) is 0 Å². The quantitative estimate of drug-likeness (QED) is 0.235. The Hall–Kier alpha value is -2.34. The molecule has 0 atom stereocenters. The molecule has 0 aromatic heterocycles. The lowest BCUT2D eigenvalue weighted by atomic mass is 9.91. The molecule has 0 nitrogen and oxygen atoms in total. The maximum Gasteiger partial charge on any atom is -0.00236 e. The van der Waals surface area contributed by atoms with Crippen LogP contribution < -0.4 is 5.22 Å². The third-order valence-corrected chi connectivity index (χ3v) is 4.45. The van der Waals surface area contributed by atoms with Gasteiger partial charge >= 0.3 is 0 Å². The Labute approximate surface area is 152 Å². The first-order valence-electron chi connectivity index (χ1n) is 9.78. The van der Waals surface area contributed by atoms with Crippen molar-refractivity contribution in [2.45, 2.75) is 48.0 Å². The average Bonchev–Trinajstić information content (AvgIpc) is 3.17. The van der Waals surface area contributed by atoms with Gasteiger partial charge in [-0.25, -0.2) is 0 Å². The van der Waals surface area contributed by atoms with Gasteiger partial charge in [-0.3, -0.25) is 0 Å². The van der Waals surface area contributed by atoms with Crippen molar-refractivity contribution < 1.29 is 0 Å². The minimum Gasteiger partial charge on any atom is -0.0722 e. The molecule has 0 radical (unpaired) electrons. The summed E-state index contributed by atoms with van der Waals surface area (Å²) in [5, 5.41) is 9.90. The second kappa shape index (κ2) is 8.67. The van der Waals surface area contributed by atoms with Crippen LogP contribution in [0.1, 0.15) is 47.1 Å². The molecule has 0 unspecified atom stereocenters. The largest absolute Gasteiger partial charge is 0.0722 e. The van der Waals surface area contributed by atoms with Crippen LogP contribution in [-0.2, 0) is 6.42 Å². The van der Waals surface area contributed by atoms with Crippen molar-refractivity contribution in [3.63, 3.8) is 0 Å². The van der Waals surface area contributed by atoms with Gasteiger partial charge in [0.25, 0.3) is 0 Å². The van der Waals surface area contributed by atoms with Crippen molar-refractivity contribution in [3.8, 4) is 0 Å². The fraction of sp³-hybridized carbons (Fsp3) is 0.280. The SMILES string of the molecule is C1=c2ccc3cccc4c5ccccc5c(c2c34)C1.CC.CC.CC. The molecule has 0 bridgehead atoms. The van der Waals surface area contributed by atoms with Crippen LogP contribution in [-0.4, -0.2) is 0 Å². The van der Waals surface area contributed by atoms with Gasteiger partial charge < -0.3 is 0 Å². The molecule has 4 aromatic rings. The molecule has 0 N–H and O–H groups in total. The second-order valence-corrected chi connectivity index (χ2v) is 5.37. The minimum absolute atomic E-state index is 1.07. The predicted molar refractivity (Wildman–Crippen MR) is 116 cm³/mol. The van der Waals surface area contributed by atoms with Gasteiger partial charge in [-0.05, 0) is 49.5 Å². The molecular weight excluding hydrogens is 300 g/mol. The van der Waals surface area contributed by atoms with Crippen molar-refractivity contribution in [2.75, 3.05) is 0 Å². The first-order valence-corrected chi connectivity index (χ1v) is 9.78. The van der Waals surface area contributed by atoms with Crippen LogP contribution >= 0.6 is 0 Å². The Morgan fingerprint density at radius 3 is 1.92 bits per heavy atom. The highest BCUT2D eigenvalue weighted by Gasteiger charge is 2.15. The van der Waals surface area contributed by atoms with E-state index in [-0.39, 0.29) is 0 Å². The third-order valence-electron chi connectivity index (χ3n) is 4.45. The summed E-state index contributed by atoms with van der Waals surface area (Å²) < 4.78 is 0. The highest BCUT2D eigenvalue weighted by atomic mass is 14.2. The predicted octanol–water partition coefficient (Wildman–Crippen LogP) is 7.28. The standard InChI is InChI=1S/C19H12.3C2H6/c1-2-6-15-14(5-1)16-7-3-4-12-8-9-13-10-11-17(15)19(13)18(12)16;3*1-2/h1-10H,11H2;3*1-2H3. The molecule has 0 saturated carbocycles. The number of hydrogen-bond acceptors (Lipinski definition) is 0. The molecule has 0 fully saturated rings. The smallest absolute Gasteiger partial charge is 0.00236 e. The first kappa shape index (κ1) is 19.0. The molecule has 25 heavy (non-hydrogen) atoms. The number of hydrogen-bond donors (Lipinski definition) is 0. The zero-order valence-electron chi connectivity index (χ0n) is 16.5. The van der Waals surface area contributed by atoms with E-state index in [1.54, 1.807) is 0 Å². The Morgan fingerprint density at radius 1 is 0.560 bits per heavy atom. The van der Waals surface area contributed by atoms with Gasteiger partial charge in [-0.1, -0.05) is 102 Å². The second-order valence-electron chi connectivity index (χ2n) is 5.37. The molecule has 0 heterocycles. The van der Waals surface area contributed by atoms with E-state index in [0.717, 1.165) is 6.42 Å². The topological polar surface area (TPSA) is 0 Å². The van der Waals surface area contributed by atoms with Crippen LogP contribution in [0.2, 0.25) is 0 Å². The van der Waals surface area contributed by atoms with Crippen molar-refractivity contribution >= 4 is 38.4 Å². The monoisotopic (exact) mass is 330 g/mol. The summed E-state index contributed by atoms with van der Waals surface area (Å²) >= 11 is 0. The zero-order valence-corrected chi connectivity index (χ0v) is 16.5. The summed E-state index contributed by atoms with van der Waals surface area (Å²) in [5.41, 5.74) is 1.51. The molecule has 0 saturated heterocycles. The molecule has 130 valence electrons. The normalized spacial score (nSPS) is 11.0. The molecule has 1 aliphatic carbocycles. The van der Waals surface area contributed by atoms with E-state index in [2.05, 4.69) is 60.7 Å². The Kier molecular flexibility index (Phi) is 6.58. The zero-order chi connectivity index (χ0) is 18.4. The summed E-state index contributed by atoms with van der Waals surface area (Å²) in [4.78, 5) is 0. The Bertz CT molecular complexity index is 1020. The maximum atomic E-state index is 2.36. The van der Waals surface area contributed by atoms with E-state index in [1.807, 2.05) is 41.5 Å². The molecule has 0 spiro atoms. The van der Waals surface area contributed by atoms with Gasteiger partial charge in [0.05, 0.1) is 0 Å². The molecule has 5 rings (SSSR count). The molecule has 0 amide bonds. The van der Waals surface area contributed by atoms with Crippen LogP contribution in [0.15, 0.2) is 54.6 Å². The summed E-state index contributed by atoms with van der Waals surface area (Å²) in [6.45, 7) is 12.0. The summed E-state index contributed by atoms with van der Waals surface area (Å²) in [7, 11) is 0. The highest BCUT2D eigenvalue weighted by molar-refractivity contribution is 6.23. The maximum absolute atomic E-state index is 2.36. The Morgan fingerprint density at radius 2 is 1.20 bits per heavy atom. The highest BCUT2D eigenvalue weighted by Crippen LogP contribution is 2.37. The third kappa shape index (κ3) is 3.02. The van der Waals surface area contributed by atoms with E-state index in [0.29, 0.717) is 0 Å². The van der Waals surface area contributed by atoms with Crippen molar-refractivity contribution in [1.82, 2.24) is 0 Å². The fourth-order valence-corrected chi connectivity index (χ4v) is 3.65. The van der Waals surface area contributed by atoms with E-state index in [1.165, 1.54) is 43.1 Å². The molecule has 4 aromatic carbocycles. The van der Waals surface area contributed by atoms with Crippen molar-refractivity contribution in [3.05, 3.63) is 65.4 Å². The number of fused-ring (bicyclic) bond motifs is 3. The Balaban J connectivity index is 0.000000344. The molecule has 0 heteroatoms. The van der Waals surface area contributed by atoms with Gasteiger partial charge in [-0.15, -0.1) is 0 Å². The lowest BCUT2D eigenvalue weighted by Crippen LogP contribution is -1.99. The van der Waals surface area contributed by atoms with E-state index >= 15 is 0 Å².